The molecule has 0 aromatic heterocycles. The maximum absolute atomic E-state index is 11.7. The molecule has 22 heavy (non-hydrogen) atoms. The zero-order valence-electron chi connectivity index (χ0n) is 12.3. The molecule has 0 aliphatic heterocycles. The SMILES string of the molecule is CC(C)(N)CC(NC(=O)NC(CCC(=O)O)C(=O)O)C(=O)O. The molecule has 2 amide bonds. The molecule has 0 aliphatic rings. The lowest BCUT2D eigenvalue weighted by atomic mass is 9.96. The van der Waals surface area contributed by atoms with Crippen molar-refractivity contribution in [2.45, 2.75) is 50.7 Å². The van der Waals surface area contributed by atoms with E-state index in [2.05, 4.69) is 5.32 Å². The van der Waals surface area contributed by atoms with Crippen molar-refractivity contribution in [2.75, 3.05) is 0 Å². The van der Waals surface area contributed by atoms with Crippen LogP contribution >= 0.6 is 0 Å². The standard InChI is InChI=1S/C12H21N3O7/c1-12(2,13)5-7(10(20)21)15-11(22)14-6(9(18)19)3-4-8(16)17/h6-7H,3-5,13H2,1-2H3,(H,16,17)(H,18,19)(H,20,21)(H2,14,15,22). The number of urea groups is 1. The molecule has 0 saturated heterocycles. The second-order valence-electron chi connectivity index (χ2n) is 5.52. The Balaban J connectivity index is 4.68. The highest BCUT2D eigenvalue weighted by atomic mass is 16.4. The summed E-state index contributed by atoms with van der Waals surface area (Å²) in [5.74, 6) is -3.93. The van der Waals surface area contributed by atoms with Crippen LogP contribution < -0.4 is 16.4 Å². The van der Waals surface area contributed by atoms with Crippen molar-refractivity contribution >= 4 is 23.9 Å². The zero-order valence-corrected chi connectivity index (χ0v) is 12.3. The van der Waals surface area contributed by atoms with Gasteiger partial charge in [-0.1, -0.05) is 0 Å². The highest BCUT2D eigenvalue weighted by Gasteiger charge is 2.28. The third-order valence-electron chi connectivity index (χ3n) is 2.58. The molecular formula is C12H21N3O7. The number of nitrogens with one attached hydrogen (secondary N) is 2. The minimum Gasteiger partial charge on any atom is -0.481 e. The Morgan fingerprint density at radius 1 is 1.00 bits per heavy atom. The number of carbonyl (C=O) groups excluding carboxylic acids is 1. The quantitative estimate of drug-likeness (QED) is 0.319. The second-order valence-corrected chi connectivity index (χ2v) is 5.52. The van der Waals surface area contributed by atoms with Crippen molar-refractivity contribution in [1.82, 2.24) is 10.6 Å². The fraction of sp³-hybridized carbons (Fsp3) is 0.667. The molecule has 126 valence electrons. The predicted octanol–water partition coefficient (Wildman–Crippen LogP) is -0.816. The van der Waals surface area contributed by atoms with E-state index in [1.54, 1.807) is 13.8 Å². The highest BCUT2D eigenvalue weighted by molar-refractivity contribution is 5.86. The summed E-state index contributed by atoms with van der Waals surface area (Å²) in [5.41, 5.74) is 4.83. The van der Waals surface area contributed by atoms with Crippen LogP contribution in [0.3, 0.4) is 0 Å². The number of rotatable bonds is 9. The van der Waals surface area contributed by atoms with Gasteiger partial charge in [0, 0.05) is 12.0 Å². The van der Waals surface area contributed by atoms with Gasteiger partial charge < -0.3 is 31.7 Å². The number of nitrogens with two attached hydrogens (primary N) is 1. The van der Waals surface area contributed by atoms with Gasteiger partial charge in [-0.05, 0) is 26.7 Å². The predicted molar refractivity (Wildman–Crippen MR) is 74.3 cm³/mol. The van der Waals surface area contributed by atoms with Gasteiger partial charge >= 0.3 is 23.9 Å². The lowest BCUT2D eigenvalue weighted by molar-refractivity contribution is -0.141. The molecule has 0 aromatic rings. The topological polar surface area (TPSA) is 179 Å². The number of carboxylic acids is 3. The van der Waals surface area contributed by atoms with Gasteiger partial charge in [-0.15, -0.1) is 0 Å². The van der Waals surface area contributed by atoms with E-state index in [1.807, 2.05) is 5.32 Å². The summed E-state index contributed by atoms with van der Waals surface area (Å²) in [6, 6.07) is -3.75. The first-order chi connectivity index (χ1) is 9.92. The summed E-state index contributed by atoms with van der Waals surface area (Å²) in [5, 5.41) is 30.5. The minimum absolute atomic E-state index is 0.0668. The third-order valence-corrected chi connectivity index (χ3v) is 2.58. The molecule has 0 aliphatic carbocycles. The summed E-state index contributed by atoms with van der Waals surface area (Å²) in [4.78, 5) is 44.1. The van der Waals surface area contributed by atoms with E-state index < -0.39 is 48.0 Å². The molecule has 0 saturated carbocycles. The lowest BCUT2D eigenvalue weighted by Gasteiger charge is -2.24. The van der Waals surface area contributed by atoms with Crippen LogP contribution in [0.25, 0.3) is 0 Å². The van der Waals surface area contributed by atoms with Crippen molar-refractivity contribution in [2.24, 2.45) is 5.73 Å². The summed E-state index contributed by atoms with van der Waals surface area (Å²) >= 11 is 0. The molecule has 2 atom stereocenters. The van der Waals surface area contributed by atoms with Crippen molar-refractivity contribution in [3.8, 4) is 0 Å². The first-order valence-corrected chi connectivity index (χ1v) is 6.45. The van der Waals surface area contributed by atoms with Crippen molar-refractivity contribution in [3.63, 3.8) is 0 Å². The van der Waals surface area contributed by atoms with Gasteiger partial charge in [0.25, 0.3) is 0 Å². The van der Waals surface area contributed by atoms with Crippen molar-refractivity contribution < 1.29 is 34.5 Å². The molecule has 0 rings (SSSR count). The van der Waals surface area contributed by atoms with Gasteiger partial charge in [-0.3, -0.25) is 4.79 Å². The van der Waals surface area contributed by atoms with E-state index in [0.717, 1.165) is 0 Å². The van der Waals surface area contributed by atoms with Crippen LogP contribution in [0, 0.1) is 0 Å². The fourth-order valence-corrected chi connectivity index (χ4v) is 1.61. The maximum Gasteiger partial charge on any atom is 0.326 e. The fourth-order valence-electron chi connectivity index (χ4n) is 1.61. The summed E-state index contributed by atoms with van der Waals surface area (Å²) in [7, 11) is 0. The molecule has 2 unspecified atom stereocenters. The van der Waals surface area contributed by atoms with Crippen LogP contribution in [0.2, 0.25) is 0 Å². The molecule has 0 fully saturated rings. The minimum atomic E-state index is -1.43. The summed E-state index contributed by atoms with van der Waals surface area (Å²) < 4.78 is 0. The zero-order chi connectivity index (χ0) is 17.5. The first-order valence-electron chi connectivity index (χ1n) is 6.45. The van der Waals surface area contributed by atoms with Crippen LogP contribution in [0.1, 0.15) is 33.1 Å². The Kier molecular flexibility index (Phi) is 7.30. The number of aliphatic carboxylic acids is 3. The number of hydrogen-bond donors (Lipinski definition) is 6. The maximum atomic E-state index is 11.7. The summed E-state index contributed by atoms with van der Waals surface area (Å²) in [6.07, 6.45) is -0.837. The van der Waals surface area contributed by atoms with Crippen LogP contribution in [-0.4, -0.2) is 56.9 Å². The van der Waals surface area contributed by atoms with Crippen LogP contribution in [-0.2, 0) is 14.4 Å². The van der Waals surface area contributed by atoms with Crippen molar-refractivity contribution in [3.05, 3.63) is 0 Å². The number of amides is 2. The first kappa shape index (κ1) is 19.6. The second kappa shape index (κ2) is 8.17. The molecule has 0 spiro atoms. The van der Waals surface area contributed by atoms with Gasteiger partial charge in [0.15, 0.2) is 0 Å². The largest absolute Gasteiger partial charge is 0.481 e. The molecule has 7 N–H and O–H groups in total. The molecule has 0 radical (unpaired) electrons. The number of carbonyl (C=O) groups is 4. The Labute approximate surface area is 126 Å². The Hall–Kier alpha value is -2.36. The van der Waals surface area contributed by atoms with E-state index in [-0.39, 0.29) is 12.8 Å². The van der Waals surface area contributed by atoms with E-state index >= 15 is 0 Å². The molecule has 0 bridgehead atoms. The Bertz CT molecular complexity index is 444. The van der Waals surface area contributed by atoms with Crippen molar-refractivity contribution in [1.29, 1.82) is 0 Å². The van der Waals surface area contributed by atoms with E-state index in [1.165, 1.54) is 0 Å². The molecule has 0 aromatic carbocycles. The van der Waals surface area contributed by atoms with Crippen LogP contribution in [0.4, 0.5) is 4.79 Å². The smallest absolute Gasteiger partial charge is 0.326 e. The average molecular weight is 319 g/mol. The Morgan fingerprint density at radius 2 is 1.45 bits per heavy atom. The van der Waals surface area contributed by atoms with Gasteiger partial charge in [-0.25, -0.2) is 14.4 Å². The van der Waals surface area contributed by atoms with Gasteiger partial charge in [-0.2, -0.15) is 0 Å². The monoisotopic (exact) mass is 319 g/mol. The number of hydrogen-bond acceptors (Lipinski definition) is 5. The van der Waals surface area contributed by atoms with E-state index in [4.69, 9.17) is 21.1 Å². The molecule has 10 heteroatoms. The van der Waals surface area contributed by atoms with Crippen LogP contribution in [0.15, 0.2) is 0 Å². The van der Waals surface area contributed by atoms with Crippen LogP contribution in [0.5, 0.6) is 0 Å². The van der Waals surface area contributed by atoms with Gasteiger partial charge in [0.2, 0.25) is 0 Å². The number of carboxylic acid groups (broad SMARTS) is 3. The molecular weight excluding hydrogens is 298 g/mol. The Morgan fingerprint density at radius 3 is 1.82 bits per heavy atom. The van der Waals surface area contributed by atoms with Gasteiger partial charge in [0.1, 0.15) is 12.1 Å². The van der Waals surface area contributed by atoms with Gasteiger partial charge in [0.05, 0.1) is 0 Å². The molecule has 0 heterocycles. The summed E-state index contributed by atoms with van der Waals surface area (Å²) in [6.45, 7) is 3.16. The lowest BCUT2D eigenvalue weighted by Crippen LogP contribution is -2.53. The normalized spacial score (nSPS) is 13.8. The average Bonchev–Trinajstić information content (AvgIpc) is 2.31. The van der Waals surface area contributed by atoms with E-state index in [0.29, 0.717) is 0 Å². The third kappa shape index (κ3) is 8.74. The van der Waals surface area contributed by atoms with E-state index in [9.17, 15) is 19.2 Å². The molecule has 10 nitrogen and oxygen atoms in total. The highest BCUT2D eigenvalue weighted by Crippen LogP contribution is 2.08.